The van der Waals surface area contributed by atoms with Gasteiger partial charge in [0.05, 0.1) is 37.1 Å². The molecule has 0 atom stereocenters. The van der Waals surface area contributed by atoms with E-state index in [2.05, 4.69) is 9.71 Å². The van der Waals surface area contributed by atoms with E-state index in [4.69, 9.17) is 9.47 Å². The minimum absolute atomic E-state index is 0.0254. The lowest BCUT2D eigenvalue weighted by Crippen LogP contribution is -2.37. The molecule has 144 valence electrons. The number of nitrogens with zero attached hydrogens (tertiary/aromatic N) is 2. The molecule has 1 fully saturated rings. The summed E-state index contributed by atoms with van der Waals surface area (Å²) in [5.74, 6) is -0.369. The van der Waals surface area contributed by atoms with Crippen LogP contribution in [0.5, 0.6) is 5.75 Å². The number of aromatic carboxylic acids is 1. The molecule has 0 unspecified atom stereocenters. The Kier molecular flexibility index (Phi) is 5.47. The van der Waals surface area contributed by atoms with Crippen LogP contribution in [0.1, 0.15) is 10.4 Å². The lowest BCUT2D eigenvalue weighted by molar-refractivity contribution is 0.0696. The first-order chi connectivity index (χ1) is 12.9. The third-order valence-corrected chi connectivity index (χ3v) is 5.43. The molecule has 1 saturated heterocycles. The third kappa shape index (κ3) is 4.29. The Morgan fingerprint density at radius 2 is 1.93 bits per heavy atom. The van der Waals surface area contributed by atoms with Crippen LogP contribution in [0, 0.1) is 0 Å². The molecule has 2 N–H and O–H groups in total. The second-order valence-electron chi connectivity index (χ2n) is 5.78. The van der Waals surface area contributed by atoms with Gasteiger partial charge in [-0.2, -0.15) is 0 Å². The minimum Gasteiger partial charge on any atom is -0.497 e. The van der Waals surface area contributed by atoms with Crippen molar-refractivity contribution in [2.45, 2.75) is 4.90 Å². The van der Waals surface area contributed by atoms with Gasteiger partial charge in [0.15, 0.2) is 0 Å². The highest BCUT2D eigenvalue weighted by molar-refractivity contribution is 7.92. The first-order valence-electron chi connectivity index (χ1n) is 8.13. The van der Waals surface area contributed by atoms with Gasteiger partial charge in [0.1, 0.15) is 17.1 Å². The van der Waals surface area contributed by atoms with E-state index in [1.165, 1.54) is 43.6 Å². The van der Waals surface area contributed by atoms with Crippen LogP contribution in [0.2, 0.25) is 0 Å². The van der Waals surface area contributed by atoms with Crippen molar-refractivity contribution in [2.24, 2.45) is 0 Å². The number of aromatic nitrogens is 1. The first-order valence-corrected chi connectivity index (χ1v) is 9.62. The van der Waals surface area contributed by atoms with E-state index in [0.717, 1.165) is 0 Å². The number of ether oxygens (including phenoxy) is 2. The third-order valence-electron chi connectivity index (χ3n) is 4.03. The quantitative estimate of drug-likeness (QED) is 0.757. The van der Waals surface area contributed by atoms with E-state index in [1.54, 1.807) is 4.90 Å². The monoisotopic (exact) mass is 393 g/mol. The number of hydrogen-bond acceptors (Lipinski definition) is 7. The zero-order chi connectivity index (χ0) is 19.4. The molecule has 3 rings (SSSR count). The van der Waals surface area contributed by atoms with Crippen LogP contribution in [0.4, 0.5) is 11.5 Å². The van der Waals surface area contributed by atoms with Crippen LogP contribution in [0.15, 0.2) is 41.4 Å². The number of carboxylic acid groups (broad SMARTS) is 1. The van der Waals surface area contributed by atoms with Crippen LogP contribution in [-0.4, -0.2) is 57.9 Å². The number of morpholine rings is 1. The van der Waals surface area contributed by atoms with Crippen molar-refractivity contribution in [3.05, 3.63) is 42.1 Å². The Morgan fingerprint density at radius 3 is 2.52 bits per heavy atom. The van der Waals surface area contributed by atoms with Gasteiger partial charge in [-0.05, 0) is 30.3 Å². The lowest BCUT2D eigenvalue weighted by atomic mass is 10.2. The molecule has 1 aromatic carbocycles. The van der Waals surface area contributed by atoms with Crippen LogP contribution in [0.25, 0.3) is 0 Å². The highest BCUT2D eigenvalue weighted by atomic mass is 32.2. The summed E-state index contributed by atoms with van der Waals surface area (Å²) in [6.45, 7) is 1.99. The van der Waals surface area contributed by atoms with Crippen molar-refractivity contribution in [2.75, 3.05) is 43.0 Å². The lowest BCUT2D eigenvalue weighted by Gasteiger charge is -2.28. The topological polar surface area (TPSA) is 118 Å². The molecule has 2 heterocycles. The number of benzene rings is 1. The predicted octanol–water partition coefficient (Wildman–Crippen LogP) is 1.43. The molecule has 2 aromatic rings. The maximum absolute atomic E-state index is 12.5. The summed E-state index contributed by atoms with van der Waals surface area (Å²) in [7, 11) is -2.41. The summed E-state index contributed by atoms with van der Waals surface area (Å²) >= 11 is 0. The van der Waals surface area contributed by atoms with Gasteiger partial charge in [0, 0.05) is 13.1 Å². The van der Waals surface area contributed by atoms with Crippen molar-refractivity contribution in [1.29, 1.82) is 0 Å². The molecular weight excluding hydrogens is 374 g/mol. The Labute approximate surface area is 156 Å². The molecule has 1 aromatic heterocycles. The van der Waals surface area contributed by atoms with Gasteiger partial charge in [-0.1, -0.05) is 0 Å². The van der Waals surface area contributed by atoms with Crippen molar-refractivity contribution in [3.63, 3.8) is 0 Å². The van der Waals surface area contributed by atoms with E-state index in [0.29, 0.717) is 32.1 Å². The van der Waals surface area contributed by atoms with Crippen molar-refractivity contribution >= 4 is 27.5 Å². The standard InChI is InChI=1S/C17H19N3O6S/c1-25-13-2-4-14(5-3-13)27(23,24)19-12-10-15(17(21)22)16(18-11-12)20-6-8-26-9-7-20/h2-5,10-11,19H,6-9H2,1H3,(H,21,22). The van der Waals surface area contributed by atoms with Gasteiger partial charge in [0.2, 0.25) is 0 Å². The smallest absolute Gasteiger partial charge is 0.339 e. The maximum atomic E-state index is 12.5. The number of pyridine rings is 1. The van der Waals surface area contributed by atoms with Gasteiger partial charge in [0.25, 0.3) is 10.0 Å². The fourth-order valence-corrected chi connectivity index (χ4v) is 3.70. The summed E-state index contributed by atoms with van der Waals surface area (Å²) in [5, 5.41) is 9.50. The van der Waals surface area contributed by atoms with Crippen LogP contribution in [-0.2, 0) is 14.8 Å². The molecule has 0 bridgehead atoms. The molecule has 27 heavy (non-hydrogen) atoms. The second kappa shape index (κ2) is 7.80. The number of sulfonamides is 1. The average molecular weight is 393 g/mol. The molecule has 0 saturated carbocycles. The summed E-state index contributed by atoms with van der Waals surface area (Å²) in [5.41, 5.74) is -0.00735. The zero-order valence-electron chi connectivity index (χ0n) is 14.6. The molecule has 0 spiro atoms. The van der Waals surface area contributed by atoms with E-state index in [-0.39, 0.29) is 22.0 Å². The Balaban J connectivity index is 1.87. The Morgan fingerprint density at radius 1 is 1.26 bits per heavy atom. The SMILES string of the molecule is COc1ccc(S(=O)(=O)Nc2cnc(N3CCOCC3)c(C(=O)O)c2)cc1. The predicted molar refractivity (Wildman–Crippen MR) is 98.0 cm³/mol. The average Bonchev–Trinajstić information content (AvgIpc) is 2.68. The molecule has 1 aliphatic rings. The van der Waals surface area contributed by atoms with Gasteiger partial charge < -0.3 is 19.5 Å². The molecule has 0 radical (unpaired) electrons. The van der Waals surface area contributed by atoms with Gasteiger partial charge in [-0.3, -0.25) is 4.72 Å². The number of carbonyl (C=O) groups is 1. The highest BCUT2D eigenvalue weighted by Crippen LogP contribution is 2.24. The Hall–Kier alpha value is -2.85. The van der Waals surface area contributed by atoms with Crippen LogP contribution < -0.4 is 14.4 Å². The van der Waals surface area contributed by atoms with Crippen molar-refractivity contribution in [3.8, 4) is 5.75 Å². The van der Waals surface area contributed by atoms with Crippen LogP contribution >= 0.6 is 0 Å². The maximum Gasteiger partial charge on any atom is 0.339 e. The number of carboxylic acids is 1. The number of methoxy groups -OCH3 is 1. The molecular formula is C17H19N3O6S. The number of anilines is 2. The first kappa shape index (κ1) is 18.9. The number of rotatable bonds is 6. The fraction of sp³-hybridized carbons (Fsp3) is 0.294. The van der Waals surface area contributed by atoms with E-state index >= 15 is 0 Å². The van der Waals surface area contributed by atoms with Gasteiger partial charge >= 0.3 is 5.97 Å². The summed E-state index contributed by atoms with van der Waals surface area (Å²) in [6, 6.07) is 7.11. The summed E-state index contributed by atoms with van der Waals surface area (Å²) < 4.78 is 37.7. The zero-order valence-corrected chi connectivity index (χ0v) is 15.4. The van der Waals surface area contributed by atoms with Crippen molar-refractivity contribution in [1.82, 2.24) is 4.98 Å². The highest BCUT2D eigenvalue weighted by Gasteiger charge is 2.22. The van der Waals surface area contributed by atoms with Crippen molar-refractivity contribution < 1.29 is 27.8 Å². The molecule has 0 amide bonds. The second-order valence-corrected chi connectivity index (χ2v) is 7.46. The van der Waals surface area contributed by atoms with E-state index < -0.39 is 16.0 Å². The van der Waals surface area contributed by atoms with Gasteiger partial charge in [-0.25, -0.2) is 18.2 Å². The normalized spacial score (nSPS) is 14.6. The molecule has 1 aliphatic heterocycles. The van der Waals surface area contributed by atoms with Gasteiger partial charge in [-0.15, -0.1) is 0 Å². The minimum atomic E-state index is -3.89. The number of hydrogen-bond donors (Lipinski definition) is 2. The fourth-order valence-electron chi connectivity index (χ4n) is 2.67. The van der Waals surface area contributed by atoms with Crippen LogP contribution in [0.3, 0.4) is 0 Å². The molecule has 9 nitrogen and oxygen atoms in total. The largest absolute Gasteiger partial charge is 0.497 e. The summed E-state index contributed by atoms with van der Waals surface area (Å²) in [4.78, 5) is 17.6. The molecule has 0 aliphatic carbocycles. The van der Waals surface area contributed by atoms with E-state index in [1.807, 2.05) is 0 Å². The van der Waals surface area contributed by atoms with E-state index in [9.17, 15) is 18.3 Å². The molecule has 10 heteroatoms. The number of nitrogens with one attached hydrogen (secondary N) is 1. The summed E-state index contributed by atoms with van der Waals surface area (Å²) in [6.07, 6.45) is 1.30. The Bertz CT molecular complexity index is 924.